The van der Waals surface area contributed by atoms with Crippen molar-refractivity contribution in [3.05, 3.63) is 77.4 Å². The van der Waals surface area contributed by atoms with E-state index >= 15 is 0 Å². The summed E-state index contributed by atoms with van der Waals surface area (Å²) < 4.78 is 13.6. The van der Waals surface area contributed by atoms with Crippen molar-refractivity contribution in [3.8, 4) is 0 Å². The lowest BCUT2D eigenvalue weighted by atomic mass is 10.1. The van der Waals surface area contributed by atoms with Crippen LogP contribution in [0.4, 0.5) is 4.39 Å². The fourth-order valence-electron chi connectivity index (χ4n) is 2.64. The summed E-state index contributed by atoms with van der Waals surface area (Å²) in [6.45, 7) is 2.81. The molecule has 0 unspecified atom stereocenters. The Hall–Kier alpha value is -2.95. The summed E-state index contributed by atoms with van der Waals surface area (Å²) in [6, 6.07) is 15.4. The van der Waals surface area contributed by atoms with Crippen molar-refractivity contribution < 1.29 is 4.39 Å². The summed E-state index contributed by atoms with van der Waals surface area (Å²) in [6.07, 6.45) is 1.81. The van der Waals surface area contributed by atoms with Crippen LogP contribution in [0, 0.1) is 12.7 Å². The van der Waals surface area contributed by atoms with E-state index in [1.165, 1.54) is 0 Å². The minimum atomic E-state index is -0.192. The topological polar surface area (TPSA) is 49.3 Å². The molecule has 0 saturated heterocycles. The van der Waals surface area contributed by atoms with Crippen LogP contribution in [0.2, 0.25) is 0 Å². The maximum Gasteiger partial charge on any atom is 0.191 e. The van der Waals surface area contributed by atoms with E-state index in [2.05, 4.69) is 32.7 Å². The molecule has 1 heterocycles. The van der Waals surface area contributed by atoms with Gasteiger partial charge in [0.25, 0.3) is 0 Å². The van der Waals surface area contributed by atoms with Crippen LogP contribution in [0.1, 0.15) is 16.8 Å². The number of guanidine groups is 1. The van der Waals surface area contributed by atoms with Gasteiger partial charge < -0.3 is 10.6 Å². The third-order valence-corrected chi connectivity index (χ3v) is 4.10. The van der Waals surface area contributed by atoms with Crippen molar-refractivity contribution in [2.24, 2.45) is 4.99 Å². The molecule has 0 aliphatic rings. The summed E-state index contributed by atoms with van der Waals surface area (Å²) in [7, 11) is 1.71. The van der Waals surface area contributed by atoms with E-state index in [-0.39, 0.29) is 5.82 Å². The standard InChI is InChI=1S/C20H21FN4/c1-14-7-8-15(11-18(14)21)12-24-20(22-2)25-13-19-17-6-4-3-5-16(17)9-10-23-19/h3-11H,12-13H2,1-2H3,(H2,22,24,25). The first-order valence-corrected chi connectivity index (χ1v) is 8.19. The van der Waals surface area contributed by atoms with E-state index < -0.39 is 0 Å². The van der Waals surface area contributed by atoms with E-state index in [4.69, 9.17) is 0 Å². The number of fused-ring (bicyclic) bond motifs is 1. The van der Waals surface area contributed by atoms with Crippen LogP contribution in [-0.4, -0.2) is 18.0 Å². The fraction of sp³-hybridized carbons (Fsp3) is 0.200. The second-order valence-electron chi connectivity index (χ2n) is 5.84. The number of halogens is 1. The van der Waals surface area contributed by atoms with E-state index in [9.17, 15) is 4.39 Å². The molecule has 3 aromatic rings. The van der Waals surface area contributed by atoms with Crippen LogP contribution in [0.5, 0.6) is 0 Å². The van der Waals surface area contributed by atoms with Gasteiger partial charge in [-0.05, 0) is 35.6 Å². The normalized spacial score (nSPS) is 11.6. The molecule has 0 aliphatic heterocycles. The molecule has 0 amide bonds. The second kappa shape index (κ2) is 7.75. The maximum atomic E-state index is 13.6. The molecule has 128 valence electrons. The van der Waals surface area contributed by atoms with E-state index in [1.807, 2.05) is 30.5 Å². The van der Waals surface area contributed by atoms with Gasteiger partial charge in [-0.3, -0.25) is 9.98 Å². The Balaban J connectivity index is 1.63. The molecule has 1 aromatic heterocycles. The lowest BCUT2D eigenvalue weighted by molar-refractivity contribution is 0.615. The molecular weight excluding hydrogens is 315 g/mol. The van der Waals surface area contributed by atoms with Crippen molar-refractivity contribution >= 4 is 16.7 Å². The zero-order chi connectivity index (χ0) is 17.6. The number of hydrogen-bond donors (Lipinski definition) is 2. The Morgan fingerprint density at radius 1 is 1.08 bits per heavy atom. The van der Waals surface area contributed by atoms with Crippen LogP contribution in [0.15, 0.2) is 59.7 Å². The number of nitrogens with zero attached hydrogens (tertiary/aromatic N) is 2. The Labute approximate surface area is 146 Å². The van der Waals surface area contributed by atoms with Gasteiger partial charge in [-0.1, -0.05) is 36.4 Å². The highest BCUT2D eigenvalue weighted by Crippen LogP contribution is 2.16. The predicted octanol–water partition coefficient (Wildman–Crippen LogP) is 3.55. The smallest absolute Gasteiger partial charge is 0.191 e. The predicted molar refractivity (Wildman–Crippen MR) is 99.9 cm³/mol. The highest BCUT2D eigenvalue weighted by Gasteiger charge is 2.05. The maximum absolute atomic E-state index is 13.6. The molecule has 0 fully saturated rings. The van der Waals surface area contributed by atoms with Gasteiger partial charge in [-0.2, -0.15) is 0 Å². The Morgan fingerprint density at radius 2 is 1.88 bits per heavy atom. The Bertz CT molecular complexity index is 900. The van der Waals surface area contributed by atoms with Gasteiger partial charge in [0.15, 0.2) is 5.96 Å². The van der Waals surface area contributed by atoms with E-state index in [1.54, 1.807) is 26.1 Å². The highest BCUT2D eigenvalue weighted by atomic mass is 19.1. The first-order valence-electron chi connectivity index (χ1n) is 8.19. The third kappa shape index (κ3) is 4.12. The summed E-state index contributed by atoms with van der Waals surface area (Å²) >= 11 is 0. The summed E-state index contributed by atoms with van der Waals surface area (Å²) in [4.78, 5) is 8.67. The van der Waals surface area contributed by atoms with Crippen molar-refractivity contribution in [1.29, 1.82) is 0 Å². The van der Waals surface area contributed by atoms with Crippen molar-refractivity contribution in [2.45, 2.75) is 20.0 Å². The van der Waals surface area contributed by atoms with Gasteiger partial charge in [0.2, 0.25) is 0 Å². The zero-order valence-electron chi connectivity index (χ0n) is 14.4. The quantitative estimate of drug-likeness (QED) is 0.566. The molecule has 0 saturated carbocycles. The SMILES string of the molecule is CN=C(NCc1ccc(C)c(F)c1)NCc1nccc2ccccc12. The number of benzene rings is 2. The summed E-state index contributed by atoms with van der Waals surface area (Å²) in [5.41, 5.74) is 2.48. The fourth-order valence-corrected chi connectivity index (χ4v) is 2.64. The molecule has 5 heteroatoms. The molecule has 0 atom stereocenters. The lowest BCUT2D eigenvalue weighted by Gasteiger charge is -2.13. The number of hydrogen-bond acceptors (Lipinski definition) is 2. The van der Waals surface area contributed by atoms with Gasteiger partial charge in [0, 0.05) is 25.2 Å². The highest BCUT2D eigenvalue weighted by molar-refractivity contribution is 5.85. The molecule has 0 aliphatic carbocycles. The molecular formula is C20H21FN4. The van der Waals surface area contributed by atoms with Gasteiger partial charge in [-0.25, -0.2) is 4.39 Å². The first kappa shape index (κ1) is 16.9. The van der Waals surface area contributed by atoms with E-state index in [0.717, 1.165) is 22.0 Å². The van der Waals surface area contributed by atoms with Crippen LogP contribution in [0.3, 0.4) is 0 Å². The van der Waals surface area contributed by atoms with Crippen molar-refractivity contribution in [3.63, 3.8) is 0 Å². The summed E-state index contributed by atoms with van der Waals surface area (Å²) in [5.74, 6) is 0.456. The van der Waals surface area contributed by atoms with Crippen LogP contribution in [0.25, 0.3) is 10.8 Å². The lowest BCUT2D eigenvalue weighted by Crippen LogP contribution is -2.36. The van der Waals surface area contributed by atoms with Gasteiger partial charge in [-0.15, -0.1) is 0 Å². The molecule has 4 nitrogen and oxygen atoms in total. The minimum Gasteiger partial charge on any atom is -0.352 e. The number of nitrogens with one attached hydrogen (secondary N) is 2. The van der Waals surface area contributed by atoms with Gasteiger partial charge >= 0.3 is 0 Å². The molecule has 3 rings (SSSR count). The molecule has 0 spiro atoms. The minimum absolute atomic E-state index is 0.192. The molecule has 2 N–H and O–H groups in total. The van der Waals surface area contributed by atoms with Crippen LogP contribution >= 0.6 is 0 Å². The Morgan fingerprint density at radius 3 is 2.68 bits per heavy atom. The third-order valence-electron chi connectivity index (χ3n) is 4.10. The largest absolute Gasteiger partial charge is 0.352 e. The molecule has 0 radical (unpaired) electrons. The molecule has 0 bridgehead atoms. The number of aliphatic imine (C=N–C) groups is 1. The number of pyridine rings is 1. The molecule has 2 aromatic carbocycles. The van der Waals surface area contributed by atoms with Gasteiger partial charge in [0.05, 0.1) is 12.2 Å². The number of aryl methyl sites for hydroxylation is 1. The number of rotatable bonds is 4. The monoisotopic (exact) mass is 336 g/mol. The van der Waals surface area contributed by atoms with Crippen molar-refractivity contribution in [1.82, 2.24) is 15.6 Å². The van der Waals surface area contributed by atoms with Crippen molar-refractivity contribution in [2.75, 3.05) is 7.05 Å². The zero-order valence-corrected chi connectivity index (χ0v) is 14.4. The van der Waals surface area contributed by atoms with Crippen LogP contribution in [-0.2, 0) is 13.1 Å². The molecule has 25 heavy (non-hydrogen) atoms. The van der Waals surface area contributed by atoms with Crippen LogP contribution < -0.4 is 10.6 Å². The first-order chi connectivity index (χ1) is 12.2. The Kier molecular flexibility index (Phi) is 5.23. The average Bonchev–Trinajstić information content (AvgIpc) is 2.64. The van der Waals surface area contributed by atoms with Gasteiger partial charge in [0.1, 0.15) is 5.82 Å². The average molecular weight is 336 g/mol. The number of aromatic nitrogens is 1. The summed E-state index contributed by atoms with van der Waals surface area (Å²) in [5, 5.41) is 8.73. The second-order valence-corrected chi connectivity index (χ2v) is 5.84. The van der Waals surface area contributed by atoms with E-state index in [0.29, 0.717) is 24.6 Å².